The van der Waals surface area contributed by atoms with E-state index in [0.717, 1.165) is 19.5 Å². The lowest BCUT2D eigenvalue weighted by atomic mass is 10.00. The number of likely N-dealkylation sites (tertiary alicyclic amines) is 1. The number of urea groups is 1. The van der Waals surface area contributed by atoms with Crippen LogP contribution in [0.2, 0.25) is 0 Å². The van der Waals surface area contributed by atoms with Gasteiger partial charge in [0.1, 0.15) is 6.04 Å². The van der Waals surface area contributed by atoms with Gasteiger partial charge in [0, 0.05) is 38.6 Å². The van der Waals surface area contributed by atoms with Crippen molar-refractivity contribution in [3.05, 3.63) is 0 Å². The van der Waals surface area contributed by atoms with Crippen LogP contribution in [-0.2, 0) is 4.79 Å². The summed E-state index contributed by atoms with van der Waals surface area (Å²) >= 11 is 0. The molecule has 1 unspecified atom stereocenters. The number of aliphatic hydroxyl groups excluding tert-OH is 1. The molecule has 3 aliphatic rings. The maximum absolute atomic E-state index is 12.6. The molecule has 7 heteroatoms. The Kier molecular flexibility index (Phi) is 4.03. The monoisotopic (exact) mass is 297 g/mol. The third kappa shape index (κ3) is 2.85. The molecule has 0 aromatic carbocycles. The summed E-state index contributed by atoms with van der Waals surface area (Å²) in [5.41, 5.74) is 0. The standard InChI is InChI=1S/C14H23N3O4/c18-11-7-12(13(19)20)17(9-11)14(21)16-6-5-15-4-2-1-3-10(15)8-16/h10-12,18H,1-9H2,(H,19,20)/t10?,11-,12-/m0/s1. The van der Waals surface area contributed by atoms with Gasteiger partial charge in [0.05, 0.1) is 6.10 Å². The fourth-order valence-electron chi connectivity index (χ4n) is 3.77. The number of carboxylic acid groups (broad SMARTS) is 1. The molecule has 0 bridgehead atoms. The number of β-amino-alcohol motifs (C(OH)–C–C–N with tert-alkyl or cyclic N) is 1. The molecule has 21 heavy (non-hydrogen) atoms. The molecule has 3 fully saturated rings. The average Bonchev–Trinajstić information content (AvgIpc) is 2.88. The van der Waals surface area contributed by atoms with E-state index in [9.17, 15) is 19.8 Å². The molecule has 7 nitrogen and oxygen atoms in total. The predicted molar refractivity (Wildman–Crippen MR) is 74.9 cm³/mol. The second-order valence-electron chi connectivity index (χ2n) is 6.31. The summed E-state index contributed by atoms with van der Waals surface area (Å²) in [4.78, 5) is 29.4. The topological polar surface area (TPSA) is 84.3 Å². The number of piperazine rings is 1. The van der Waals surface area contributed by atoms with Crippen molar-refractivity contribution >= 4 is 12.0 Å². The van der Waals surface area contributed by atoms with Crippen LogP contribution >= 0.6 is 0 Å². The van der Waals surface area contributed by atoms with Crippen molar-refractivity contribution < 1.29 is 19.8 Å². The summed E-state index contributed by atoms with van der Waals surface area (Å²) in [6.07, 6.45) is 2.93. The van der Waals surface area contributed by atoms with Gasteiger partial charge in [-0.3, -0.25) is 4.90 Å². The number of nitrogens with zero attached hydrogens (tertiary/aromatic N) is 3. The van der Waals surface area contributed by atoms with Gasteiger partial charge in [0.2, 0.25) is 0 Å². The van der Waals surface area contributed by atoms with Crippen molar-refractivity contribution in [3.8, 4) is 0 Å². The van der Waals surface area contributed by atoms with Crippen molar-refractivity contribution in [1.29, 1.82) is 0 Å². The molecular weight excluding hydrogens is 274 g/mol. The molecule has 2 amide bonds. The quantitative estimate of drug-likeness (QED) is 0.700. The number of carboxylic acids is 1. The SMILES string of the molecule is O=C(O)[C@@H]1C[C@H](O)CN1C(=O)N1CCN2CCCCC2C1. The number of carbonyl (C=O) groups excluding carboxylic acids is 1. The highest BCUT2D eigenvalue weighted by atomic mass is 16.4. The van der Waals surface area contributed by atoms with Gasteiger partial charge in [0.15, 0.2) is 0 Å². The van der Waals surface area contributed by atoms with E-state index >= 15 is 0 Å². The van der Waals surface area contributed by atoms with Crippen LogP contribution in [0.25, 0.3) is 0 Å². The number of aliphatic carboxylic acids is 1. The van der Waals surface area contributed by atoms with Gasteiger partial charge >= 0.3 is 12.0 Å². The Morgan fingerprint density at radius 1 is 1.05 bits per heavy atom. The first-order chi connectivity index (χ1) is 10.1. The Balaban J connectivity index is 1.66. The summed E-state index contributed by atoms with van der Waals surface area (Å²) in [6, 6.07) is -0.715. The zero-order valence-electron chi connectivity index (χ0n) is 12.1. The Morgan fingerprint density at radius 2 is 1.86 bits per heavy atom. The van der Waals surface area contributed by atoms with Gasteiger partial charge in [-0.15, -0.1) is 0 Å². The van der Waals surface area contributed by atoms with E-state index in [2.05, 4.69) is 4.90 Å². The van der Waals surface area contributed by atoms with E-state index in [1.165, 1.54) is 17.7 Å². The Morgan fingerprint density at radius 3 is 2.62 bits per heavy atom. The fourth-order valence-corrected chi connectivity index (χ4v) is 3.77. The van der Waals surface area contributed by atoms with Gasteiger partial charge in [-0.05, 0) is 19.4 Å². The summed E-state index contributed by atoms with van der Waals surface area (Å²) in [7, 11) is 0. The summed E-state index contributed by atoms with van der Waals surface area (Å²) < 4.78 is 0. The molecular formula is C14H23N3O4. The highest BCUT2D eigenvalue weighted by Gasteiger charge is 2.42. The summed E-state index contributed by atoms with van der Waals surface area (Å²) in [6.45, 7) is 3.42. The predicted octanol–water partition coefficient (Wildman–Crippen LogP) is -0.204. The van der Waals surface area contributed by atoms with Crippen LogP contribution in [0.5, 0.6) is 0 Å². The lowest BCUT2D eigenvalue weighted by molar-refractivity contribution is -0.141. The van der Waals surface area contributed by atoms with Crippen molar-refractivity contribution in [2.45, 2.75) is 43.9 Å². The molecule has 3 rings (SSSR count). The number of rotatable bonds is 1. The molecule has 3 aliphatic heterocycles. The van der Waals surface area contributed by atoms with Crippen LogP contribution in [0.3, 0.4) is 0 Å². The third-order valence-electron chi connectivity index (χ3n) is 4.92. The van der Waals surface area contributed by atoms with Crippen LogP contribution in [-0.4, -0.2) is 87.8 Å². The van der Waals surface area contributed by atoms with E-state index in [1.807, 2.05) is 0 Å². The minimum Gasteiger partial charge on any atom is -0.480 e. The van der Waals surface area contributed by atoms with Crippen LogP contribution in [0.1, 0.15) is 25.7 Å². The average molecular weight is 297 g/mol. The van der Waals surface area contributed by atoms with E-state index in [1.54, 1.807) is 4.90 Å². The van der Waals surface area contributed by atoms with Crippen molar-refractivity contribution in [2.24, 2.45) is 0 Å². The summed E-state index contributed by atoms with van der Waals surface area (Å²) in [5, 5.41) is 18.9. The van der Waals surface area contributed by atoms with E-state index in [4.69, 9.17) is 0 Å². The number of amides is 2. The molecule has 3 saturated heterocycles. The zero-order valence-corrected chi connectivity index (χ0v) is 12.1. The molecule has 3 atom stereocenters. The number of hydrogen-bond donors (Lipinski definition) is 2. The first-order valence-corrected chi connectivity index (χ1v) is 7.76. The lowest BCUT2D eigenvalue weighted by Gasteiger charge is -2.45. The highest BCUT2D eigenvalue weighted by molar-refractivity contribution is 5.83. The maximum atomic E-state index is 12.6. The van der Waals surface area contributed by atoms with Crippen LogP contribution in [0.15, 0.2) is 0 Å². The normalized spacial score (nSPS) is 33.9. The minimum atomic E-state index is -1.03. The maximum Gasteiger partial charge on any atom is 0.326 e. The van der Waals surface area contributed by atoms with E-state index < -0.39 is 18.1 Å². The fraction of sp³-hybridized carbons (Fsp3) is 0.857. The number of fused-ring (bicyclic) bond motifs is 1. The molecule has 0 radical (unpaired) electrons. The molecule has 3 heterocycles. The van der Waals surface area contributed by atoms with E-state index in [-0.39, 0.29) is 19.0 Å². The van der Waals surface area contributed by atoms with Gasteiger partial charge in [-0.25, -0.2) is 9.59 Å². The van der Waals surface area contributed by atoms with Gasteiger partial charge in [0.25, 0.3) is 0 Å². The highest BCUT2D eigenvalue weighted by Crippen LogP contribution is 2.24. The largest absolute Gasteiger partial charge is 0.480 e. The Labute approximate surface area is 124 Å². The van der Waals surface area contributed by atoms with Crippen molar-refractivity contribution in [1.82, 2.24) is 14.7 Å². The van der Waals surface area contributed by atoms with Crippen LogP contribution in [0.4, 0.5) is 4.79 Å². The molecule has 118 valence electrons. The van der Waals surface area contributed by atoms with Gasteiger partial charge < -0.3 is 20.0 Å². The zero-order chi connectivity index (χ0) is 15.0. The lowest BCUT2D eigenvalue weighted by Crippen LogP contribution is -2.59. The number of aliphatic hydroxyl groups is 1. The van der Waals surface area contributed by atoms with Crippen molar-refractivity contribution in [2.75, 3.05) is 32.7 Å². The summed E-state index contributed by atoms with van der Waals surface area (Å²) in [5.74, 6) is -1.03. The van der Waals surface area contributed by atoms with Gasteiger partial charge in [-0.1, -0.05) is 6.42 Å². The van der Waals surface area contributed by atoms with Gasteiger partial charge in [-0.2, -0.15) is 0 Å². The Hall–Kier alpha value is -1.34. The van der Waals surface area contributed by atoms with E-state index in [0.29, 0.717) is 19.1 Å². The molecule has 0 spiro atoms. The number of hydrogen-bond acceptors (Lipinski definition) is 4. The first kappa shape index (κ1) is 14.6. The minimum absolute atomic E-state index is 0.126. The van der Waals surface area contributed by atoms with Crippen LogP contribution < -0.4 is 0 Å². The second-order valence-corrected chi connectivity index (χ2v) is 6.31. The Bertz CT molecular complexity index is 430. The molecule has 0 saturated carbocycles. The molecule has 0 aromatic rings. The van der Waals surface area contributed by atoms with Crippen LogP contribution in [0, 0.1) is 0 Å². The molecule has 0 aliphatic carbocycles. The number of carbonyl (C=O) groups is 2. The first-order valence-electron chi connectivity index (χ1n) is 7.76. The van der Waals surface area contributed by atoms with Crippen molar-refractivity contribution in [3.63, 3.8) is 0 Å². The number of piperidine rings is 1. The molecule has 0 aromatic heterocycles. The second kappa shape index (κ2) is 5.81. The smallest absolute Gasteiger partial charge is 0.326 e. The third-order valence-corrected chi connectivity index (χ3v) is 4.92. The molecule has 2 N–H and O–H groups in total.